The zero-order valence-corrected chi connectivity index (χ0v) is 11.3. The smallest absolute Gasteiger partial charge is 0.272 e. The summed E-state index contributed by atoms with van der Waals surface area (Å²) in [6.45, 7) is 1.69. The third-order valence-corrected chi connectivity index (χ3v) is 3.93. The maximum atomic E-state index is 12.4. The molecule has 2 aromatic rings. The lowest BCUT2D eigenvalue weighted by atomic mass is 10.1. The summed E-state index contributed by atoms with van der Waals surface area (Å²) < 4.78 is 0. The van der Waals surface area contributed by atoms with Gasteiger partial charge in [0, 0.05) is 25.1 Å². The topological polar surface area (TPSA) is 53.4 Å². The van der Waals surface area contributed by atoms with Crippen molar-refractivity contribution in [3.8, 4) is 0 Å². The van der Waals surface area contributed by atoms with Crippen molar-refractivity contribution in [1.82, 2.24) is 9.88 Å². The van der Waals surface area contributed by atoms with Crippen LogP contribution in [0.1, 0.15) is 23.3 Å². The van der Waals surface area contributed by atoms with Crippen LogP contribution in [0.25, 0.3) is 10.9 Å². The highest BCUT2D eigenvalue weighted by Crippen LogP contribution is 2.21. The average molecular weight is 270 g/mol. The normalized spacial score (nSPS) is 18.6. The number of para-hydroxylation sites is 1. The molecule has 1 aliphatic heterocycles. The largest absolute Gasteiger partial charge is 0.396 e. The van der Waals surface area contributed by atoms with Gasteiger partial charge in [-0.25, -0.2) is 4.98 Å². The number of carbonyl (C=O) groups is 1. The summed E-state index contributed by atoms with van der Waals surface area (Å²) in [6.07, 6.45) is 1.74. The Bertz CT molecular complexity index is 627. The van der Waals surface area contributed by atoms with E-state index in [1.165, 1.54) is 0 Å². The van der Waals surface area contributed by atoms with Gasteiger partial charge in [0.25, 0.3) is 5.91 Å². The number of pyridine rings is 1. The molecule has 0 bridgehead atoms. The molecule has 1 saturated heterocycles. The Balaban J connectivity index is 1.79. The number of hydrogen-bond donors (Lipinski definition) is 1. The van der Waals surface area contributed by atoms with Gasteiger partial charge in [-0.2, -0.15) is 0 Å². The van der Waals surface area contributed by atoms with E-state index in [2.05, 4.69) is 4.98 Å². The predicted octanol–water partition coefficient (Wildman–Crippen LogP) is 2.08. The molecule has 3 rings (SSSR count). The van der Waals surface area contributed by atoms with Gasteiger partial charge in [0.2, 0.25) is 0 Å². The van der Waals surface area contributed by atoms with Crippen molar-refractivity contribution in [2.75, 3.05) is 19.7 Å². The Kier molecular flexibility index (Phi) is 3.65. The highest BCUT2D eigenvalue weighted by molar-refractivity contribution is 5.95. The summed E-state index contributed by atoms with van der Waals surface area (Å²) in [5.74, 6) is 0.417. The molecule has 1 fully saturated rings. The molecule has 1 unspecified atom stereocenters. The Morgan fingerprint density at radius 1 is 1.30 bits per heavy atom. The number of benzene rings is 1. The number of aromatic nitrogens is 1. The van der Waals surface area contributed by atoms with Gasteiger partial charge in [0.1, 0.15) is 5.69 Å². The molecule has 0 aliphatic carbocycles. The van der Waals surface area contributed by atoms with Crippen LogP contribution in [0.15, 0.2) is 36.4 Å². The van der Waals surface area contributed by atoms with E-state index in [1.54, 1.807) is 6.07 Å². The number of nitrogens with zero attached hydrogens (tertiary/aromatic N) is 2. The van der Waals surface area contributed by atoms with Crippen LogP contribution in [0.3, 0.4) is 0 Å². The minimum atomic E-state index is -0.00353. The van der Waals surface area contributed by atoms with Gasteiger partial charge in [-0.05, 0) is 30.9 Å². The zero-order valence-electron chi connectivity index (χ0n) is 11.3. The number of carbonyl (C=O) groups excluding carboxylic acids is 1. The van der Waals surface area contributed by atoms with Crippen molar-refractivity contribution >= 4 is 16.8 Å². The Morgan fingerprint density at radius 3 is 3.00 bits per heavy atom. The molecule has 1 aromatic heterocycles. The van der Waals surface area contributed by atoms with Crippen molar-refractivity contribution in [2.24, 2.45) is 5.92 Å². The fourth-order valence-electron chi connectivity index (χ4n) is 2.78. The molecule has 2 heterocycles. The Morgan fingerprint density at radius 2 is 2.15 bits per heavy atom. The van der Waals surface area contributed by atoms with E-state index in [9.17, 15) is 4.79 Å². The molecule has 1 aromatic carbocycles. The first kappa shape index (κ1) is 13.1. The monoisotopic (exact) mass is 270 g/mol. The summed E-state index contributed by atoms with van der Waals surface area (Å²) in [5, 5.41) is 10.0. The van der Waals surface area contributed by atoms with Crippen LogP contribution in [-0.4, -0.2) is 40.6 Å². The van der Waals surface area contributed by atoms with Crippen molar-refractivity contribution in [3.63, 3.8) is 0 Å². The van der Waals surface area contributed by atoms with Crippen LogP contribution in [0.4, 0.5) is 0 Å². The van der Waals surface area contributed by atoms with Gasteiger partial charge >= 0.3 is 0 Å². The van der Waals surface area contributed by atoms with Gasteiger partial charge in [-0.1, -0.05) is 24.3 Å². The highest BCUT2D eigenvalue weighted by atomic mass is 16.3. The molecule has 20 heavy (non-hydrogen) atoms. The van der Waals surface area contributed by atoms with Crippen LogP contribution in [0, 0.1) is 5.92 Å². The molecule has 1 atom stereocenters. The number of likely N-dealkylation sites (tertiary alicyclic amines) is 1. The first-order valence-corrected chi connectivity index (χ1v) is 7.04. The van der Waals surface area contributed by atoms with Crippen molar-refractivity contribution in [2.45, 2.75) is 12.8 Å². The average Bonchev–Trinajstić information content (AvgIpc) is 2.95. The third-order valence-electron chi connectivity index (χ3n) is 3.93. The lowest BCUT2D eigenvalue weighted by Gasteiger charge is -2.16. The molecule has 0 radical (unpaired) electrons. The number of hydrogen-bond acceptors (Lipinski definition) is 3. The van der Waals surface area contributed by atoms with Gasteiger partial charge < -0.3 is 10.0 Å². The fraction of sp³-hybridized carbons (Fsp3) is 0.375. The molecule has 0 saturated carbocycles. The lowest BCUT2D eigenvalue weighted by molar-refractivity contribution is 0.0779. The Labute approximate surface area is 118 Å². The first-order chi connectivity index (χ1) is 9.78. The van der Waals surface area contributed by atoms with Crippen LogP contribution >= 0.6 is 0 Å². The van der Waals surface area contributed by atoms with E-state index in [0.717, 1.165) is 36.8 Å². The maximum absolute atomic E-state index is 12.4. The fourth-order valence-corrected chi connectivity index (χ4v) is 2.78. The van der Waals surface area contributed by atoms with E-state index < -0.39 is 0 Å². The number of fused-ring (bicyclic) bond motifs is 1. The summed E-state index contributed by atoms with van der Waals surface area (Å²) in [5.41, 5.74) is 1.36. The summed E-state index contributed by atoms with van der Waals surface area (Å²) >= 11 is 0. The van der Waals surface area contributed by atoms with Gasteiger partial charge in [0.05, 0.1) is 5.52 Å². The second-order valence-electron chi connectivity index (χ2n) is 5.31. The molecular weight excluding hydrogens is 252 g/mol. The van der Waals surface area contributed by atoms with E-state index in [4.69, 9.17) is 5.11 Å². The number of rotatable bonds is 3. The second-order valence-corrected chi connectivity index (χ2v) is 5.31. The van der Waals surface area contributed by atoms with Gasteiger partial charge in [-0.15, -0.1) is 0 Å². The Hall–Kier alpha value is -1.94. The lowest BCUT2D eigenvalue weighted by Crippen LogP contribution is -2.29. The molecule has 4 heteroatoms. The third kappa shape index (κ3) is 2.51. The SMILES string of the molecule is O=C(c1ccc2ccccc2n1)N1CCC(CCO)C1. The van der Waals surface area contributed by atoms with Crippen LogP contribution in [-0.2, 0) is 0 Å². The predicted molar refractivity (Wildman–Crippen MR) is 77.5 cm³/mol. The summed E-state index contributed by atoms with van der Waals surface area (Å²) in [6, 6.07) is 11.5. The van der Waals surface area contributed by atoms with Crippen LogP contribution < -0.4 is 0 Å². The maximum Gasteiger partial charge on any atom is 0.272 e. The van der Waals surface area contributed by atoms with Gasteiger partial charge in [-0.3, -0.25) is 4.79 Å². The minimum Gasteiger partial charge on any atom is -0.396 e. The standard InChI is InChI=1S/C16H18N2O2/c19-10-8-12-7-9-18(11-12)16(20)15-6-5-13-3-1-2-4-14(13)17-15/h1-6,12,19H,7-11H2. The minimum absolute atomic E-state index is 0.00353. The van der Waals surface area contributed by atoms with E-state index in [-0.39, 0.29) is 12.5 Å². The van der Waals surface area contributed by atoms with Gasteiger partial charge in [0.15, 0.2) is 0 Å². The van der Waals surface area contributed by atoms with Crippen molar-refractivity contribution < 1.29 is 9.90 Å². The highest BCUT2D eigenvalue weighted by Gasteiger charge is 2.27. The van der Waals surface area contributed by atoms with E-state index in [1.807, 2.05) is 35.2 Å². The molecular formula is C16H18N2O2. The van der Waals surface area contributed by atoms with E-state index in [0.29, 0.717) is 11.6 Å². The van der Waals surface area contributed by atoms with Crippen molar-refractivity contribution in [1.29, 1.82) is 0 Å². The molecule has 1 aliphatic rings. The van der Waals surface area contributed by atoms with Crippen LogP contribution in [0.5, 0.6) is 0 Å². The summed E-state index contributed by atoms with van der Waals surface area (Å²) in [4.78, 5) is 18.7. The molecule has 1 amide bonds. The molecule has 4 nitrogen and oxygen atoms in total. The molecule has 104 valence electrons. The zero-order chi connectivity index (χ0) is 13.9. The van der Waals surface area contributed by atoms with Crippen LogP contribution in [0.2, 0.25) is 0 Å². The summed E-state index contributed by atoms with van der Waals surface area (Å²) in [7, 11) is 0. The number of aliphatic hydroxyl groups excluding tert-OH is 1. The van der Waals surface area contributed by atoms with E-state index >= 15 is 0 Å². The number of aliphatic hydroxyl groups is 1. The quantitative estimate of drug-likeness (QED) is 0.929. The first-order valence-electron chi connectivity index (χ1n) is 7.04. The number of amides is 1. The molecule has 1 N–H and O–H groups in total. The molecule has 0 spiro atoms. The second kappa shape index (κ2) is 5.59. The van der Waals surface area contributed by atoms with Crippen molar-refractivity contribution in [3.05, 3.63) is 42.1 Å².